The number of ether oxygens (including phenoxy) is 1. The molecule has 3 atom stereocenters. The van der Waals surface area contributed by atoms with Gasteiger partial charge in [0.2, 0.25) is 11.8 Å². The zero-order chi connectivity index (χ0) is 24.2. The van der Waals surface area contributed by atoms with Gasteiger partial charge in [0.15, 0.2) is 11.2 Å². The molecule has 2 saturated heterocycles. The smallest absolute Gasteiger partial charge is 0.328 e. The van der Waals surface area contributed by atoms with Gasteiger partial charge in [0.1, 0.15) is 5.82 Å². The Kier molecular flexibility index (Phi) is 5.48. The number of aryl methyl sites for hydroxylation is 1. The van der Waals surface area contributed by atoms with Crippen molar-refractivity contribution in [2.24, 2.45) is 5.41 Å². The molecule has 4 heterocycles. The van der Waals surface area contributed by atoms with Crippen LogP contribution in [-0.2, 0) is 27.2 Å². The summed E-state index contributed by atoms with van der Waals surface area (Å²) in [4.78, 5) is 56.9. The van der Waals surface area contributed by atoms with Crippen molar-refractivity contribution in [1.29, 1.82) is 0 Å². The third-order valence-electron chi connectivity index (χ3n) is 6.72. The van der Waals surface area contributed by atoms with Crippen molar-refractivity contribution >= 4 is 40.7 Å². The summed E-state index contributed by atoms with van der Waals surface area (Å²) in [5.74, 6) is -2.37. The van der Waals surface area contributed by atoms with Gasteiger partial charge in [0.05, 0.1) is 28.9 Å². The number of fused-ring (bicyclic) bond motifs is 4. The number of thiazole rings is 1. The van der Waals surface area contributed by atoms with E-state index in [-0.39, 0.29) is 42.5 Å². The standard InChI is InChI=1S/C23H23FN4O5S/c1-11-10-28-18-14(7-13(8-15(18)24)16(29)3-4-17-25-5-6-34-17)9-23(19(28)12(2)33-11)20(30)26-22(32)27-21(23)31/h5-8,11-12,19H,3-4,9-10H2,1-2H3,(H2,26,27,30,31,32)/t11-,12+,19-/m1/s1. The first-order valence-corrected chi connectivity index (χ1v) is 11.9. The quantitative estimate of drug-likeness (QED) is 0.501. The normalized spacial score (nSPS) is 25.4. The molecular weight excluding hydrogens is 463 g/mol. The fraction of sp³-hybridized carbons (Fsp3) is 0.435. The van der Waals surface area contributed by atoms with Gasteiger partial charge < -0.3 is 9.64 Å². The molecule has 3 aliphatic rings. The summed E-state index contributed by atoms with van der Waals surface area (Å²) in [6.45, 7) is 3.80. The first kappa shape index (κ1) is 22.6. The highest BCUT2D eigenvalue weighted by Crippen LogP contribution is 2.47. The molecule has 11 heteroatoms. The number of urea groups is 1. The summed E-state index contributed by atoms with van der Waals surface area (Å²) in [5.41, 5.74) is -0.917. The Labute approximate surface area is 198 Å². The van der Waals surface area contributed by atoms with Crippen LogP contribution in [0.5, 0.6) is 0 Å². The van der Waals surface area contributed by atoms with E-state index in [4.69, 9.17) is 4.74 Å². The van der Waals surface area contributed by atoms with Crippen LogP contribution in [0.4, 0.5) is 14.9 Å². The first-order valence-electron chi connectivity index (χ1n) is 11.0. The van der Waals surface area contributed by atoms with Crippen molar-refractivity contribution < 1.29 is 28.3 Å². The predicted molar refractivity (Wildman–Crippen MR) is 120 cm³/mol. The van der Waals surface area contributed by atoms with E-state index < -0.39 is 41.2 Å². The minimum atomic E-state index is -1.71. The molecule has 0 radical (unpaired) electrons. The van der Waals surface area contributed by atoms with Gasteiger partial charge in [0.25, 0.3) is 0 Å². The van der Waals surface area contributed by atoms with Gasteiger partial charge in [-0.25, -0.2) is 14.2 Å². The van der Waals surface area contributed by atoms with Gasteiger partial charge in [-0.1, -0.05) is 0 Å². The van der Waals surface area contributed by atoms with E-state index in [0.29, 0.717) is 12.0 Å². The van der Waals surface area contributed by atoms with Gasteiger partial charge >= 0.3 is 6.03 Å². The van der Waals surface area contributed by atoms with Crippen LogP contribution in [-0.4, -0.2) is 53.4 Å². The van der Waals surface area contributed by atoms with Crippen LogP contribution in [0.15, 0.2) is 23.7 Å². The van der Waals surface area contributed by atoms with E-state index in [2.05, 4.69) is 15.6 Å². The fourth-order valence-electron chi connectivity index (χ4n) is 5.44. The number of morpholine rings is 1. The van der Waals surface area contributed by atoms with E-state index in [0.717, 1.165) is 5.01 Å². The molecule has 3 aliphatic heterocycles. The van der Waals surface area contributed by atoms with Crippen LogP contribution in [0, 0.1) is 11.2 Å². The summed E-state index contributed by atoms with van der Waals surface area (Å²) >= 11 is 1.44. The molecule has 2 aromatic rings. The number of nitrogens with one attached hydrogen (secondary N) is 2. The van der Waals surface area contributed by atoms with Gasteiger partial charge in [-0.3, -0.25) is 25.0 Å². The number of hydrogen-bond acceptors (Lipinski definition) is 8. The number of benzene rings is 1. The molecule has 1 spiro atoms. The van der Waals surface area contributed by atoms with Crippen molar-refractivity contribution in [3.63, 3.8) is 0 Å². The monoisotopic (exact) mass is 486 g/mol. The highest BCUT2D eigenvalue weighted by Gasteiger charge is 2.63. The molecule has 4 amide bonds. The highest BCUT2D eigenvalue weighted by molar-refractivity contribution is 7.09. The summed E-state index contributed by atoms with van der Waals surface area (Å²) in [6, 6.07) is 1.05. The van der Waals surface area contributed by atoms with Crippen LogP contribution in [0.2, 0.25) is 0 Å². The van der Waals surface area contributed by atoms with Crippen LogP contribution >= 0.6 is 11.3 Å². The second-order valence-corrected chi connectivity index (χ2v) is 9.93. The van der Waals surface area contributed by atoms with E-state index in [1.54, 1.807) is 24.1 Å². The minimum Gasteiger partial charge on any atom is -0.372 e. The Morgan fingerprint density at radius 3 is 2.68 bits per heavy atom. The average molecular weight is 487 g/mol. The van der Waals surface area contributed by atoms with E-state index in [9.17, 15) is 19.2 Å². The number of carbonyl (C=O) groups is 4. The van der Waals surface area contributed by atoms with Crippen LogP contribution in [0.3, 0.4) is 0 Å². The number of ketones is 1. The molecular formula is C23H23FN4O5S. The first-order chi connectivity index (χ1) is 16.2. The largest absolute Gasteiger partial charge is 0.372 e. The lowest BCUT2D eigenvalue weighted by Crippen LogP contribution is -2.75. The highest BCUT2D eigenvalue weighted by atomic mass is 32.1. The Balaban J connectivity index is 1.57. The number of rotatable bonds is 4. The topological polar surface area (TPSA) is 118 Å². The number of aromatic nitrogens is 1. The maximum Gasteiger partial charge on any atom is 0.328 e. The molecule has 1 aromatic carbocycles. The maximum absolute atomic E-state index is 15.5. The van der Waals surface area contributed by atoms with E-state index >= 15 is 4.39 Å². The number of carbonyl (C=O) groups excluding carboxylic acids is 4. The summed E-state index contributed by atoms with van der Waals surface area (Å²) in [7, 11) is 0. The van der Waals surface area contributed by atoms with Crippen LogP contribution < -0.4 is 15.5 Å². The Morgan fingerprint density at radius 2 is 2.00 bits per heavy atom. The zero-order valence-electron chi connectivity index (χ0n) is 18.6. The van der Waals surface area contributed by atoms with E-state index in [1.807, 2.05) is 12.3 Å². The van der Waals surface area contributed by atoms with Crippen LogP contribution in [0.25, 0.3) is 0 Å². The lowest BCUT2D eigenvalue weighted by atomic mass is 9.66. The molecule has 5 rings (SSSR count). The number of amides is 4. The SMILES string of the molecule is C[C@@H]1CN2c3c(F)cc(C(=O)CCc4nccs4)cc3CC3(C(=O)NC(=O)NC3=O)[C@H]2[C@H](C)O1. The molecule has 9 nitrogen and oxygen atoms in total. The molecule has 0 bridgehead atoms. The van der Waals surface area contributed by atoms with Gasteiger partial charge in [-0.15, -0.1) is 11.3 Å². The van der Waals surface area contributed by atoms with E-state index in [1.165, 1.54) is 17.4 Å². The average Bonchev–Trinajstić information content (AvgIpc) is 3.28. The number of nitrogens with zero attached hydrogens (tertiary/aromatic N) is 2. The number of hydrogen-bond donors (Lipinski definition) is 2. The number of anilines is 1. The van der Waals surface area contributed by atoms with Crippen molar-refractivity contribution in [1.82, 2.24) is 15.6 Å². The Morgan fingerprint density at radius 1 is 1.26 bits per heavy atom. The number of Topliss-reactive ketones (excluding diaryl/α,β-unsaturated/α-hetero) is 1. The Bertz CT molecular complexity index is 1180. The third kappa shape index (κ3) is 3.50. The summed E-state index contributed by atoms with van der Waals surface area (Å²) in [5, 5.41) is 7.02. The molecule has 0 saturated carbocycles. The summed E-state index contributed by atoms with van der Waals surface area (Å²) < 4.78 is 21.5. The number of barbiturate groups is 1. The zero-order valence-corrected chi connectivity index (χ0v) is 19.4. The minimum absolute atomic E-state index is 0.153. The third-order valence-corrected chi connectivity index (χ3v) is 7.56. The second kappa shape index (κ2) is 8.24. The van der Waals surface area contributed by atoms with Crippen molar-refractivity contribution in [2.75, 3.05) is 11.4 Å². The lowest BCUT2D eigenvalue weighted by molar-refractivity contribution is -0.153. The van der Waals surface area contributed by atoms with Crippen molar-refractivity contribution in [3.8, 4) is 0 Å². The van der Waals surface area contributed by atoms with Crippen LogP contribution in [0.1, 0.15) is 41.2 Å². The molecule has 2 fully saturated rings. The van der Waals surface area contributed by atoms with Gasteiger partial charge in [0, 0.05) is 42.9 Å². The fourth-order valence-corrected chi connectivity index (χ4v) is 6.06. The molecule has 34 heavy (non-hydrogen) atoms. The Hall–Kier alpha value is -3.18. The molecule has 2 N–H and O–H groups in total. The lowest BCUT2D eigenvalue weighted by Gasteiger charge is -2.55. The maximum atomic E-state index is 15.5. The molecule has 178 valence electrons. The number of imide groups is 2. The van der Waals surface area contributed by atoms with Crippen molar-refractivity contribution in [2.45, 2.75) is 51.4 Å². The van der Waals surface area contributed by atoms with Gasteiger partial charge in [-0.05, 0) is 31.5 Å². The molecule has 0 aliphatic carbocycles. The number of halogens is 1. The second-order valence-electron chi connectivity index (χ2n) is 8.95. The predicted octanol–water partition coefficient (Wildman–Crippen LogP) is 1.99. The molecule has 0 unspecified atom stereocenters. The summed E-state index contributed by atoms with van der Waals surface area (Å²) in [6.07, 6.45) is 1.20. The van der Waals surface area contributed by atoms with Crippen molar-refractivity contribution in [3.05, 3.63) is 45.7 Å². The molecule has 1 aromatic heterocycles. The van der Waals surface area contributed by atoms with Gasteiger partial charge in [-0.2, -0.15) is 0 Å².